The molecule has 32 heavy (non-hydrogen) atoms. The summed E-state index contributed by atoms with van der Waals surface area (Å²) in [6.45, 7) is 2.08. The molecule has 0 amide bonds. The Morgan fingerprint density at radius 3 is 2.62 bits per heavy atom. The van der Waals surface area contributed by atoms with E-state index in [1.807, 2.05) is 65.2 Å². The number of imidazole rings is 1. The Labute approximate surface area is 185 Å². The number of nitrogens with zero attached hydrogens (tertiary/aromatic N) is 3. The van der Waals surface area contributed by atoms with Crippen LogP contribution in [0.15, 0.2) is 78.6 Å². The maximum Gasteiger partial charge on any atom is 0.338 e. The van der Waals surface area contributed by atoms with E-state index in [0.29, 0.717) is 17.2 Å². The summed E-state index contributed by atoms with van der Waals surface area (Å²) < 4.78 is 12.9. The van der Waals surface area contributed by atoms with Gasteiger partial charge in [0.15, 0.2) is 0 Å². The smallest absolute Gasteiger partial charge is 0.338 e. The maximum absolute atomic E-state index is 13.4. The summed E-state index contributed by atoms with van der Waals surface area (Å²) in [5, 5.41) is 3.40. The van der Waals surface area contributed by atoms with E-state index in [0.717, 1.165) is 27.9 Å². The molecule has 0 fully saturated rings. The number of pyridine rings is 1. The van der Waals surface area contributed by atoms with Crippen molar-refractivity contribution >= 4 is 28.6 Å². The van der Waals surface area contributed by atoms with Gasteiger partial charge in [-0.05, 0) is 60.5 Å². The Morgan fingerprint density at radius 1 is 1.09 bits per heavy atom. The fourth-order valence-electron chi connectivity index (χ4n) is 4.10. The zero-order valence-electron chi connectivity index (χ0n) is 17.8. The van der Waals surface area contributed by atoms with E-state index in [-0.39, 0.29) is 12.6 Å². The number of ether oxygens (including phenoxy) is 2. The molecule has 1 atom stereocenters. The number of para-hydroxylation sites is 2. The number of methoxy groups -OCH3 is 1. The third-order valence-electron chi connectivity index (χ3n) is 5.51. The topological polar surface area (TPSA) is 78.3 Å². The van der Waals surface area contributed by atoms with Crippen LogP contribution in [0.1, 0.15) is 24.1 Å². The molecule has 7 nitrogen and oxygen atoms in total. The predicted octanol–water partition coefficient (Wildman–Crippen LogP) is 4.43. The summed E-state index contributed by atoms with van der Waals surface area (Å²) >= 11 is 0. The van der Waals surface area contributed by atoms with Gasteiger partial charge in [-0.25, -0.2) is 9.78 Å². The van der Waals surface area contributed by atoms with Crippen molar-refractivity contribution in [2.24, 2.45) is 0 Å². The molecule has 0 bridgehead atoms. The molecule has 0 radical (unpaired) electrons. The van der Waals surface area contributed by atoms with Crippen LogP contribution in [0.4, 0.5) is 5.95 Å². The van der Waals surface area contributed by atoms with Crippen molar-refractivity contribution in [2.75, 3.05) is 19.0 Å². The molecule has 2 aromatic carbocycles. The summed E-state index contributed by atoms with van der Waals surface area (Å²) in [6, 6.07) is 18.8. The Kier molecular flexibility index (Phi) is 5.07. The van der Waals surface area contributed by atoms with Gasteiger partial charge in [-0.2, -0.15) is 0 Å². The number of hydrogen-bond acceptors (Lipinski definition) is 6. The molecule has 7 heteroatoms. The maximum atomic E-state index is 13.4. The zero-order chi connectivity index (χ0) is 22.1. The average Bonchev–Trinajstić information content (AvgIpc) is 3.22. The summed E-state index contributed by atoms with van der Waals surface area (Å²) in [7, 11) is 1.62. The summed E-state index contributed by atoms with van der Waals surface area (Å²) in [6.07, 6.45) is 3.50. The molecule has 4 aromatic rings. The molecular weight excluding hydrogens is 404 g/mol. The summed E-state index contributed by atoms with van der Waals surface area (Å²) in [5.74, 6) is 1.00. The van der Waals surface area contributed by atoms with E-state index in [4.69, 9.17) is 14.5 Å². The lowest BCUT2D eigenvalue weighted by molar-refractivity contribution is -0.138. The fourth-order valence-corrected chi connectivity index (χ4v) is 4.10. The van der Waals surface area contributed by atoms with Crippen LogP contribution in [0.2, 0.25) is 0 Å². The van der Waals surface area contributed by atoms with Crippen molar-refractivity contribution in [3.63, 3.8) is 0 Å². The second-order valence-corrected chi connectivity index (χ2v) is 7.35. The number of rotatable bonds is 5. The first-order valence-corrected chi connectivity index (χ1v) is 10.4. The third-order valence-corrected chi connectivity index (χ3v) is 5.51. The largest absolute Gasteiger partial charge is 0.497 e. The molecule has 3 heterocycles. The van der Waals surface area contributed by atoms with E-state index in [9.17, 15) is 4.79 Å². The molecule has 1 N–H and O–H groups in total. The van der Waals surface area contributed by atoms with Gasteiger partial charge in [0.05, 0.1) is 42.1 Å². The normalized spacial score (nSPS) is 15.2. The minimum Gasteiger partial charge on any atom is -0.497 e. The standard InChI is InChI=1S/C25H22N4O3/c1-3-32-24(30)21-22(16-10-12-18(31-2)13-11-16)28-25-27-19-8-4-5-9-20(19)29(25)23(21)17-7-6-14-26-15-17/h4-15,23H,3H2,1-2H3,(H,27,28)/t23-/m0/s1. The van der Waals surface area contributed by atoms with Crippen molar-refractivity contribution in [3.05, 3.63) is 89.8 Å². The van der Waals surface area contributed by atoms with Gasteiger partial charge in [-0.1, -0.05) is 18.2 Å². The number of carbonyl (C=O) groups excluding carboxylic acids is 1. The molecule has 0 spiro atoms. The van der Waals surface area contributed by atoms with Gasteiger partial charge in [-0.3, -0.25) is 9.55 Å². The second kappa shape index (κ2) is 8.19. The summed E-state index contributed by atoms with van der Waals surface area (Å²) in [4.78, 5) is 22.5. The van der Waals surface area contributed by atoms with Crippen molar-refractivity contribution in [1.82, 2.24) is 14.5 Å². The quantitative estimate of drug-likeness (QED) is 0.476. The number of esters is 1. The zero-order valence-corrected chi connectivity index (χ0v) is 17.8. The minimum atomic E-state index is -0.455. The average molecular weight is 426 g/mol. The third kappa shape index (κ3) is 3.28. The number of anilines is 1. The lowest BCUT2D eigenvalue weighted by Gasteiger charge is -2.31. The van der Waals surface area contributed by atoms with Crippen LogP contribution in [-0.2, 0) is 9.53 Å². The van der Waals surface area contributed by atoms with Crippen LogP contribution in [0.5, 0.6) is 5.75 Å². The van der Waals surface area contributed by atoms with Crippen molar-refractivity contribution < 1.29 is 14.3 Å². The first-order chi connectivity index (χ1) is 15.7. The molecule has 0 saturated carbocycles. The van der Waals surface area contributed by atoms with Crippen molar-refractivity contribution in [2.45, 2.75) is 13.0 Å². The van der Waals surface area contributed by atoms with E-state index in [1.165, 1.54) is 0 Å². The molecule has 160 valence electrons. The SMILES string of the molecule is CCOC(=O)C1=C(c2ccc(OC)cc2)Nc2nc3ccccc3n2[C@H]1c1cccnc1. The summed E-state index contributed by atoms with van der Waals surface area (Å²) in [5.41, 5.74) is 4.61. The molecule has 2 aromatic heterocycles. The minimum absolute atomic E-state index is 0.273. The molecule has 5 rings (SSSR count). The van der Waals surface area contributed by atoms with Crippen LogP contribution >= 0.6 is 0 Å². The Hall–Kier alpha value is -4.13. The van der Waals surface area contributed by atoms with Crippen molar-refractivity contribution in [3.8, 4) is 5.75 Å². The van der Waals surface area contributed by atoms with Crippen LogP contribution in [0.3, 0.4) is 0 Å². The van der Waals surface area contributed by atoms with Crippen molar-refractivity contribution in [1.29, 1.82) is 0 Å². The van der Waals surface area contributed by atoms with Gasteiger partial charge in [-0.15, -0.1) is 0 Å². The Balaban J connectivity index is 1.80. The fraction of sp³-hybridized carbons (Fsp3) is 0.160. The highest BCUT2D eigenvalue weighted by Gasteiger charge is 2.36. The highest BCUT2D eigenvalue weighted by molar-refractivity contribution is 6.03. The number of aromatic nitrogens is 3. The van der Waals surface area contributed by atoms with Crippen LogP contribution < -0.4 is 10.1 Å². The first-order valence-electron chi connectivity index (χ1n) is 10.4. The highest BCUT2D eigenvalue weighted by atomic mass is 16.5. The lowest BCUT2D eigenvalue weighted by Crippen LogP contribution is -2.29. The van der Waals surface area contributed by atoms with Crippen LogP contribution in [0, 0.1) is 0 Å². The van der Waals surface area contributed by atoms with E-state index < -0.39 is 6.04 Å². The molecule has 0 saturated heterocycles. The number of benzene rings is 2. The molecule has 1 aliphatic heterocycles. The van der Waals surface area contributed by atoms with Gasteiger partial charge in [0, 0.05) is 12.4 Å². The van der Waals surface area contributed by atoms with Crippen LogP contribution in [0.25, 0.3) is 16.7 Å². The highest BCUT2D eigenvalue weighted by Crippen LogP contribution is 2.42. The van der Waals surface area contributed by atoms with Gasteiger partial charge in [0.1, 0.15) is 5.75 Å². The monoisotopic (exact) mass is 426 g/mol. The number of nitrogens with one attached hydrogen (secondary N) is 1. The molecule has 0 aliphatic carbocycles. The number of hydrogen-bond donors (Lipinski definition) is 1. The van der Waals surface area contributed by atoms with E-state index in [1.54, 1.807) is 26.4 Å². The van der Waals surface area contributed by atoms with Gasteiger partial charge >= 0.3 is 5.97 Å². The Bertz CT molecular complexity index is 1310. The molecular formula is C25H22N4O3. The lowest BCUT2D eigenvalue weighted by atomic mass is 9.93. The second-order valence-electron chi connectivity index (χ2n) is 7.35. The molecule has 1 aliphatic rings. The number of fused-ring (bicyclic) bond motifs is 3. The molecule has 0 unspecified atom stereocenters. The number of carbonyl (C=O) groups is 1. The van der Waals surface area contributed by atoms with E-state index >= 15 is 0 Å². The van der Waals surface area contributed by atoms with Crippen LogP contribution in [-0.4, -0.2) is 34.2 Å². The van der Waals surface area contributed by atoms with Gasteiger partial charge in [0.25, 0.3) is 0 Å². The van der Waals surface area contributed by atoms with Gasteiger partial charge in [0.2, 0.25) is 5.95 Å². The van der Waals surface area contributed by atoms with E-state index in [2.05, 4.69) is 10.3 Å². The Morgan fingerprint density at radius 2 is 1.91 bits per heavy atom. The van der Waals surface area contributed by atoms with Gasteiger partial charge < -0.3 is 14.8 Å². The predicted molar refractivity (Wildman–Crippen MR) is 122 cm³/mol. The first kappa shape index (κ1) is 19.8.